The van der Waals surface area contributed by atoms with E-state index in [1.165, 1.54) is 0 Å². The lowest BCUT2D eigenvalue weighted by molar-refractivity contribution is -0.124. The number of benzene rings is 1. The van der Waals surface area contributed by atoms with Gasteiger partial charge < -0.3 is 5.32 Å². The first-order valence-electron chi connectivity index (χ1n) is 6.04. The van der Waals surface area contributed by atoms with E-state index in [1.807, 2.05) is 37.3 Å². The molecular formula is C13H17NO3S. The highest BCUT2D eigenvalue weighted by Gasteiger charge is 2.33. The fraction of sp³-hybridized carbons (Fsp3) is 0.462. The van der Waals surface area contributed by atoms with Crippen LogP contribution >= 0.6 is 0 Å². The second-order valence-corrected chi connectivity index (χ2v) is 6.97. The normalized spacial score (nSPS) is 23.5. The topological polar surface area (TPSA) is 63.2 Å². The molecule has 1 aliphatic heterocycles. The van der Waals surface area contributed by atoms with Crippen molar-refractivity contribution < 1.29 is 13.2 Å². The molecule has 5 heteroatoms. The number of sulfone groups is 1. The Bertz CT molecular complexity index is 524. The van der Waals surface area contributed by atoms with Crippen LogP contribution in [0.25, 0.3) is 0 Å². The molecule has 1 fully saturated rings. The van der Waals surface area contributed by atoms with Gasteiger partial charge in [0.05, 0.1) is 23.5 Å². The molecule has 0 saturated carbocycles. The summed E-state index contributed by atoms with van der Waals surface area (Å²) in [6.07, 6.45) is 0.440. The summed E-state index contributed by atoms with van der Waals surface area (Å²) in [6, 6.07) is 9.53. The van der Waals surface area contributed by atoms with E-state index < -0.39 is 9.84 Å². The Balaban J connectivity index is 1.96. The van der Waals surface area contributed by atoms with Gasteiger partial charge in [-0.15, -0.1) is 0 Å². The summed E-state index contributed by atoms with van der Waals surface area (Å²) >= 11 is 0. The predicted molar refractivity (Wildman–Crippen MR) is 69.8 cm³/mol. The second kappa shape index (κ2) is 5.10. The highest BCUT2D eigenvalue weighted by Crippen LogP contribution is 2.20. The van der Waals surface area contributed by atoms with Crippen LogP contribution in [-0.2, 0) is 14.6 Å². The van der Waals surface area contributed by atoms with Crippen molar-refractivity contribution >= 4 is 15.7 Å². The lowest BCUT2D eigenvalue weighted by Crippen LogP contribution is -2.33. The quantitative estimate of drug-likeness (QED) is 0.897. The van der Waals surface area contributed by atoms with E-state index >= 15 is 0 Å². The Kier molecular flexibility index (Phi) is 3.71. The van der Waals surface area contributed by atoms with Crippen LogP contribution in [0.3, 0.4) is 0 Å². The standard InChI is InChI=1S/C13H17NO3S/c1-10(11-5-3-2-4-6-11)14-13(15)12-7-8-18(16,17)9-12/h2-6,10,12H,7-9H2,1H3,(H,14,15)/t10-,12-/m0/s1. The van der Waals surface area contributed by atoms with Gasteiger partial charge in [0.25, 0.3) is 0 Å². The Morgan fingerprint density at radius 2 is 2.00 bits per heavy atom. The van der Waals surface area contributed by atoms with Gasteiger partial charge in [0.15, 0.2) is 9.84 Å². The molecule has 0 spiro atoms. The summed E-state index contributed by atoms with van der Waals surface area (Å²) in [7, 11) is -3.00. The number of amides is 1. The van der Waals surface area contributed by atoms with Crippen LogP contribution in [-0.4, -0.2) is 25.8 Å². The predicted octanol–water partition coefficient (Wildman–Crippen LogP) is 1.30. The molecule has 98 valence electrons. The zero-order valence-corrected chi connectivity index (χ0v) is 11.1. The van der Waals surface area contributed by atoms with Crippen molar-refractivity contribution in [2.75, 3.05) is 11.5 Å². The van der Waals surface area contributed by atoms with E-state index in [2.05, 4.69) is 5.32 Å². The van der Waals surface area contributed by atoms with Gasteiger partial charge in [0, 0.05) is 0 Å². The number of carbonyl (C=O) groups excluding carboxylic acids is 1. The van der Waals surface area contributed by atoms with E-state index in [9.17, 15) is 13.2 Å². The first kappa shape index (κ1) is 13.1. The van der Waals surface area contributed by atoms with E-state index in [0.717, 1.165) is 5.56 Å². The molecule has 1 saturated heterocycles. The maximum absolute atomic E-state index is 11.9. The number of rotatable bonds is 3. The Morgan fingerprint density at radius 3 is 2.56 bits per heavy atom. The first-order chi connectivity index (χ1) is 8.48. The molecule has 1 aromatic carbocycles. The van der Waals surface area contributed by atoms with Gasteiger partial charge in [-0.25, -0.2) is 8.42 Å². The molecular weight excluding hydrogens is 250 g/mol. The molecule has 2 atom stereocenters. The third-order valence-corrected chi connectivity index (χ3v) is 5.03. The van der Waals surface area contributed by atoms with Gasteiger partial charge in [-0.2, -0.15) is 0 Å². The third-order valence-electron chi connectivity index (χ3n) is 3.26. The molecule has 18 heavy (non-hydrogen) atoms. The van der Waals surface area contributed by atoms with Crippen LogP contribution < -0.4 is 5.32 Å². The molecule has 0 unspecified atom stereocenters. The highest BCUT2D eigenvalue weighted by atomic mass is 32.2. The summed E-state index contributed by atoms with van der Waals surface area (Å²) < 4.78 is 22.6. The average Bonchev–Trinajstić information content (AvgIpc) is 2.71. The molecule has 1 aromatic rings. The minimum atomic E-state index is -3.00. The number of nitrogens with one attached hydrogen (secondary N) is 1. The van der Waals surface area contributed by atoms with Crippen molar-refractivity contribution in [2.45, 2.75) is 19.4 Å². The van der Waals surface area contributed by atoms with Crippen LogP contribution in [0.1, 0.15) is 24.9 Å². The molecule has 1 amide bonds. The van der Waals surface area contributed by atoms with E-state index in [-0.39, 0.29) is 29.4 Å². The van der Waals surface area contributed by atoms with Crippen LogP contribution in [0.2, 0.25) is 0 Å². The smallest absolute Gasteiger partial charge is 0.224 e. The van der Waals surface area contributed by atoms with Gasteiger partial charge in [-0.05, 0) is 18.9 Å². The fourth-order valence-electron chi connectivity index (χ4n) is 2.16. The van der Waals surface area contributed by atoms with Crippen molar-refractivity contribution in [3.63, 3.8) is 0 Å². The summed E-state index contributed by atoms with van der Waals surface area (Å²) in [5.41, 5.74) is 1.02. The SMILES string of the molecule is C[C@H](NC(=O)[C@H]1CCS(=O)(=O)C1)c1ccccc1. The molecule has 0 radical (unpaired) electrons. The molecule has 4 nitrogen and oxygen atoms in total. The monoisotopic (exact) mass is 267 g/mol. The van der Waals surface area contributed by atoms with Crippen molar-refractivity contribution in [3.8, 4) is 0 Å². The number of hydrogen-bond donors (Lipinski definition) is 1. The minimum absolute atomic E-state index is 0.0135. The van der Waals surface area contributed by atoms with E-state index in [0.29, 0.717) is 6.42 Å². The van der Waals surface area contributed by atoms with Gasteiger partial charge in [0.2, 0.25) is 5.91 Å². The van der Waals surface area contributed by atoms with Crippen LogP contribution in [0.15, 0.2) is 30.3 Å². The number of hydrogen-bond acceptors (Lipinski definition) is 3. The molecule has 1 aliphatic rings. The Labute approximate surface area is 107 Å². The lowest BCUT2D eigenvalue weighted by atomic mass is 10.1. The molecule has 1 heterocycles. The Hall–Kier alpha value is -1.36. The number of carbonyl (C=O) groups is 1. The van der Waals surface area contributed by atoms with E-state index in [1.54, 1.807) is 0 Å². The summed E-state index contributed by atoms with van der Waals surface area (Å²) in [5.74, 6) is -0.431. The van der Waals surface area contributed by atoms with Gasteiger partial charge >= 0.3 is 0 Å². The second-order valence-electron chi connectivity index (χ2n) is 4.74. The largest absolute Gasteiger partial charge is 0.349 e. The third kappa shape index (κ3) is 3.10. The summed E-state index contributed by atoms with van der Waals surface area (Å²) in [4.78, 5) is 11.9. The fourth-order valence-corrected chi connectivity index (χ4v) is 3.90. The molecule has 0 bridgehead atoms. The maximum atomic E-state index is 11.9. The summed E-state index contributed by atoms with van der Waals surface area (Å²) in [5, 5.41) is 2.87. The zero-order valence-electron chi connectivity index (χ0n) is 10.3. The maximum Gasteiger partial charge on any atom is 0.224 e. The van der Waals surface area contributed by atoms with Crippen molar-refractivity contribution in [1.82, 2.24) is 5.32 Å². The van der Waals surface area contributed by atoms with Gasteiger partial charge in [-0.3, -0.25) is 4.79 Å². The van der Waals surface area contributed by atoms with Crippen LogP contribution in [0.5, 0.6) is 0 Å². The lowest BCUT2D eigenvalue weighted by Gasteiger charge is -2.16. The van der Waals surface area contributed by atoms with E-state index in [4.69, 9.17) is 0 Å². The summed E-state index contributed by atoms with van der Waals surface area (Å²) in [6.45, 7) is 1.90. The minimum Gasteiger partial charge on any atom is -0.349 e. The molecule has 0 aromatic heterocycles. The highest BCUT2D eigenvalue weighted by molar-refractivity contribution is 7.91. The van der Waals surface area contributed by atoms with Gasteiger partial charge in [0.1, 0.15) is 0 Å². The van der Waals surface area contributed by atoms with Gasteiger partial charge in [-0.1, -0.05) is 30.3 Å². The first-order valence-corrected chi connectivity index (χ1v) is 7.86. The molecule has 2 rings (SSSR count). The van der Waals surface area contributed by atoms with Crippen molar-refractivity contribution in [2.24, 2.45) is 5.92 Å². The molecule has 0 aliphatic carbocycles. The average molecular weight is 267 g/mol. The molecule has 1 N–H and O–H groups in total. The van der Waals surface area contributed by atoms with Crippen LogP contribution in [0, 0.1) is 5.92 Å². The van der Waals surface area contributed by atoms with Crippen molar-refractivity contribution in [3.05, 3.63) is 35.9 Å². The Morgan fingerprint density at radius 1 is 1.33 bits per heavy atom. The van der Waals surface area contributed by atoms with Crippen molar-refractivity contribution in [1.29, 1.82) is 0 Å². The zero-order chi connectivity index (χ0) is 13.2. The van der Waals surface area contributed by atoms with Crippen LogP contribution in [0.4, 0.5) is 0 Å².